The molecule has 0 saturated heterocycles. The van der Waals surface area contributed by atoms with Gasteiger partial charge in [0.1, 0.15) is 0 Å². The zero-order valence-corrected chi connectivity index (χ0v) is 12.6. The maximum atomic E-state index is 12.2. The molecule has 2 unspecified atom stereocenters. The highest BCUT2D eigenvalue weighted by molar-refractivity contribution is 5.95. The van der Waals surface area contributed by atoms with Crippen molar-refractivity contribution in [2.75, 3.05) is 5.32 Å². The molecule has 1 amide bonds. The number of nitrogens with one attached hydrogen (secondary N) is 2. The van der Waals surface area contributed by atoms with Crippen LogP contribution < -0.4 is 10.7 Å². The molecule has 3 N–H and O–H groups in total. The highest BCUT2D eigenvalue weighted by Crippen LogP contribution is 2.27. The van der Waals surface area contributed by atoms with E-state index < -0.39 is 6.10 Å². The third-order valence-corrected chi connectivity index (χ3v) is 4.35. The Hall–Kier alpha value is -2.14. The molecule has 1 fully saturated rings. The monoisotopic (exact) mass is 300 g/mol. The van der Waals surface area contributed by atoms with Crippen molar-refractivity contribution < 1.29 is 9.90 Å². The van der Waals surface area contributed by atoms with Crippen molar-refractivity contribution in [2.24, 2.45) is 5.92 Å². The Labute approximate surface area is 128 Å². The molecule has 1 aromatic heterocycles. The Morgan fingerprint density at radius 1 is 1.36 bits per heavy atom. The minimum atomic E-state index is -0.559. The van der Waals surface area contributed by atoms with Crippen LogP contribution in [-0.2, 0) is 11.2 Å². The summed E-state index contributed by atoms with van der Waals surface area (Å²) < 4.78 is 0. The molecular weight excluding hydrogens is 280 g/mol. The molecule has 1 aliphatic carbocycles. The van der Waals surface area contributed by atoms with Crippen molar-refractivity contribution in [1.82, 2.24) is 4.98 Å². The highest BCUT2D eigenvalue weighted by atomic mass is 16.3. The van der Waals surface area contributed by atoms with Crippen LogP contribution in [0.4, 0.5) is 5.69 Å². The van der Waals surface area contributed by atoms with Crippen LogP contribution in [0.5, 0.6) is 0 Å². The minimum Gasteiger partial charge on any atom is -0.392 e. The van der Waals surface area contributed by atoms with E-state index in [-0.39, 0.29) is 17.3 Å². The van der Waals surface area contributed by atoms with E-state index in [2.05, 4.69) is 10.3 Å². The standard InChI is InChI=1S/C17H20N2O3/c1-2-10-9-16(21)13-8-11(6-7-14(13)18-10)19-17(22)12-4-3-5-15(12)20/h6-9,12,15,20H,2-5H2,1H3,(H,18,21)(H,19,22). The van der Waals surface area contributed by atoms with E-state index in [1.165, 1.54) is 0 Å². The van der Waals surface area contributed by atoms with Crippen LogP contribution in [0.3, 0.4) is 0 Å². The normalized spacial score (nSPS) is 21.2. The van der Waals surface area contributed by atoms with Gasteiger partial charge in [-0.2, -0.15) is 0 Å². The molecule has 5 nitrogen and oxygen atoms in total. The minimum absolute atomic E-state index is 0.0531. The summed E-state index contributed by atoms with van der Waals surface area (Å²) in [7, 11) is 0. The van der Waals surface area contributed by atoms with E-state index in [4.69, 9.17) is 0 Å². The Bertz CT molecular complexity index is 766. The molecule has 2 aromatic rings. The summed E-state index contributed by atoms with van der Waals surface area (Å²) >= 11 is 0. The zero-order chi connectivity index (χ0) is 15.7. The van der Waals surface area contributed by atoms with Gasteiger partial charge in [0.15, 0.2) is 5.43 Å². The van der Waals surface area contributed by atoms with Gasteiger partial charge in [-0.25, -0.2) is 0 Å². The van der Waals surface area contributed by atoms with Crippen LogP contribution in [0, 0.1) is 5.92 Å². The lowest BCUT2D eigenvalue weighted by molar-refractivity contribution is -0.122. The first-order chi connectivity index (χ1) is 10.6. The number of pyridine rings is 1. The van der Waals surface area contributed by atoms with Gasteiger partial charge in [0.2, 0.25) is 5.91 Å². The van der Waals surface area contributed by atoms with E-state index in [0.29, 0.717) is 23.9 Å². The fourth-order valence-electron chi connectivity index (χ4n) is 3.05. The van der Waals surface area contributed by atoms with Crippen LogP contribution in [0.25, 0.3) is 10.9 Å². The maximum Gasteiger partial charge on any atom is 0.230 e. The van der Waals surface area contributed by atoms with Crippen molar-refractivity contribution in [2.45, 2.75) is 38.7 Å². The lowest BCUT2D eigenvalue weighted by Crippen LogP contribution is -2.28. The number of amides is 1. The third-order valence-electron chi connectivity index (χ3n) is 4.35. The second-order valence-corrected chi connectivity index (χ2v) is 5.87. The van der Waals surface area contributed by atoms with Gasteiger partial charge in [-0.15, -0.1) is 0 Å². The Morgan fingerprint density at radius 2 is 2.18 bits per heavy atom. The summed E-state index contributed by atoms with van der Waals surface area (Å²) in [5, 5.41) is 13.2. The van der Waals surface area contributed by atoms with Crippen LogP contribution >= 0.6 is 0 Å². The van der Waals surface area contributed by atoms with Crippen molar-refractivity contribution in [3.05, 3.63) is 40.2 Å². The molecule has 1 aromatic carbocycles. The zero-order valence-electron chi connectivity index (χ0n) is 12.6. The molecule has 0 spiro atoms. The number of aryl methyl sites for hydroxylation is 1. The van der Waals surface area contributed by atoms with Crippen LogP contribution in [0.1, 0.15) is 31.9 Å². The average Bonchev–Trinajstić information content (AvgIpc) is 2.94. The van der Waals surface area contributed by atoms with Crippen LogP contribution in [-0.4, -0.2) is 22.1 Å². The molecule has 2 atom stereocenters. The van der Waals surface area contributed by atoms with E-state index in [0.717, 1.165) is 24.1 Å². The predicted molar refractivity (Wildman–Crippen MR) is 85.9 cm³/mol. The van der Waals surface area contributed by atoms with Crippen LogP contribution in [0.15, 0.2) is 29.1 Å². The van der Waals surface area contributed by atoms with E-state index >= 15 is 0 Å². The lowest BCUT2D eigenvalue weighted by Gasteiger charge is -2.14. The van der Waals surface area contributed by atoms with Crippen LogP contribution in [0.2, 0.25) is 0 Å². The number of rotatable bonds is 3. The number of H-pyrrole nitrogens is 1. The van der Waals surface area contributed by atoms with E-state index in [1.54, 1.807) is 24.3 Å². The van der Waals surface area contributed by atoms with E-state index in [9.17, 15) is 14.7 Å². The van der Waals surface area contributed by atoms with E-state index in [1.807, 2.05) is 6.92 Å². The maximum absolute atomic E-state index is 12.2. The number of hydrogen-bond donors (Lipinski definition) is 3. The summed E-state index contributed by atoms with van der Waals surface area (Å²) in [6, 6.07) is 6.86. The molecule has 3 rings (SSSR count). The Balaban J connectivity index is 1.87. The van der Waals surface area contributed by atoms with Crippen molar-refractivity contribution in [3.8, 4) is 0 Å². The first kappa shape index (κ1) is 14.8. The molecule has 0 bridgehead atoms. The first-order valence-electron chi connectivity index (χ1n) is 7.73. The van der Waals surface area contributed by atoms with Crippen molar-refractivity contribution in [3.63, 3.8) is 0 Å². The Morgan fingerprint density at radius 3 is 2.86 bits per heavy atom. The molecule has 0 aliphatic heterocycles. The molecule has 0 radical (unpaired) electrons. The Kier molecular flexibility index (Phi) is 3.98. The molecule has 116 valence electrons. The summed E-state index contributed by atoms with van der Waals surface area (Å²) in [5.74, 6) is -0.526. The highest BCUT2D eigenvalue weighted by Gasteiger charge is 2.31. The number of aliphatic hydroxyl groups is 1. The third kappa shape index (κ3) is 2.76. The molecule has 1 aliphatic rings. The number of aromatic nitrogens is 1. The number of carbonyl (C=O) groups is 1. The summed E-state index contributed by atoms with van der Waals surface area (Å²) in [6.45, 7) is 1.98. The van der Waals surface area contributed by atoms with Gasteiger partial charge in [0.05, 0.1) is 12.0 Å². The van der Waals surface area contributed by atoms with Gasteiger partial charge in [-0.05, 0) is 43.9 Å². The summed E-state index contributed by atoms with van der Waals surface area (Å²) in [4.78, 5) is 27.5. The quantitative estimate of drug-likeness (QED) is 0.812. The molecular formula is C17H20N2O3. The number of aliphatic hydroxyl groups excluding tert-OH is 1. The molecule has 5 heteroatoms. The number of benzene rings is 1. The molecule has 22 heavy (non-hydrogen) atoms. The van der Waals surface area contributed by atoms with Gasteiger partial charge in [-0.3, -0.25) is 9.59 Å². The van der Waals surface area contributed by atoms with Gasteiger partial charge in [0, 0.05) is 28.4 Å². The van der Waals surface area contributed by atoms with Crippen molar-refractivity contribution >= 4 is 22.5 Å². The number of carbonyl (C=O) groups excluding carboxylic acids is 1. The summed E-state index contributed by atoms with van der Waals surface area (Å²) in [6.07, 6.45) is 2.46. The van der Waals surface area contributed by atoms with Gasteiger partial charge in [-0.1, -0.05) is 6.92 Å². The molecule has 1 saturated carbocycles. The number of aromatic amines is 1. The SMILES string of the molecule is CCc1cc(=O)c2cc(NC(=O)C3CCCC3O)ccc2[nH]1. The largest absolute Gasteiger partial charge is 0.392 e. The van der Waals surface area contributed by atoms with Gasteiger partial charge >= 0.3 is 0 Å². The second kappa shape index (κ2) is 5.93. The topological polar surface area (TPSA) is 82.2 Å². The lowest BCUT2D eigenvalue weighted by atomic mass is 10.0. The number of fused-ring (bicyclic) bond motifs is 1. The van der Waals surface area contributed by atoms with Gasteiger partial charge in [0.25, 0.3) is 0 Å². The number of hydrogen-bond acceptors (Lipinski definition) is 3. The number of anilines is 1. The predicted octanol–water partition coefficient (Wildman–Crippen LogP) is 2.19. The fourth-order valence-corrected chi connectivity index (χ4v) is 3.05. The summed E-state index contributed by atoms with van der Waals surface area (Å²) in [5.41, 5.74) is 2.19. The smallest absolute Gasteiger partial charge is 0.230 e. The average molecular weight is 300 g/mol. The fraction of sp³-hybridized carbons (Fsp3) is 0.412. The molecule has 1 heterocycles. The van der Waals surface area contributed by atoms with Gasteiger partial charge < -0.3 is 15.4 Å². The first-order valence-corrected chi connectivity index (χ1v) is 7.73. The van der Waals surface area contributed by atoms with Crippen molar-refractivity contribution in [1.29, 1.82) is 0 Å². The second-order valence-electron chi connectivity index (χ2n) is 5.87.